The zero-order valence-corrected chi connectivity index (χ0v) is 8.04. The summed E-state index contributed by atoms with van der Waals surface area (Å²) >= 11 is 6.37. The lowest BCUT2D eigenvalue weighted by Gasteiger charge is -1.97. The van der Waals surface area contributed by atoms with E-state index in [0.29, 0.717) is 0 Å². The minimum Gasteiger partial charge on any atom is -0.118 e. The van der Waals surface area contributed by atoms with Gasteiger partial charge >= 0.3 is 0 Å². The van der Waals surface area contributed by atoms with E-state index in [9.17, 15) is 0 Å². The van der Waals surface area contributed by atoms with Gasteiger partial charge in [-0.2, -0.15) is 0 Å². The van der Waals surface area contributed by atoms with Gasteiger partial charge in [-0.15, -0.1) is 11.8 Å². The summed E-state index contributed by atoms with van der Waals surface area (Å²) in [5.41, 5.74) is 2.64. The van der Waals surface area contributed by atoms with Crippen LogP contribution in [0.5, 0.6) is 0 Å². The van der Waals surface area contributed by atoms with Crippen molar-refractivity contribution in [3.05, 3.63) is 35.4 Å². The van der Waals surface area contributed by atoms with Gasteiger partial charge in [-0.1, -0.05) is 42.0 Å². The molecule has 0 heterocycles. The fourth-order valence-corrected chi connectivity index (χ4v) is 1.47. The second-order valence-electron chi connectivity index (χ2n) is 2.39. The van der Waals surface area contributed by atoms with Crippen LogP contribution in [-0.2, 0) is 5.75 Å². The average Bonchev–Trinajstić information content (AvgIpc) is 2.04. The molecule has 58 valence electrons. The zero-order valence-electron chi connectivity index (χ0n) is 6.41. The van der Waals surface area contributed by atoms with Gasteiger partial charge in [0.05, 0.1) is 0 Å². The fourth-order valence-electron chi connectivity index (χ4n) is 0.815. The summed E-state index contributed by atoms with van der Waals surface area (Å²) in [5, 5.41) is 0. The van der Waals surface area contributed by atoms with Crippen LogP contribution >= 0.6 is 24.0 Å². The Hall–Kier alpha value is -0.340. The summed E-state index contributed by atoms with van der Waals surface area (Å²) in [6, 6.07) is 8.53. The molecule has 0 saturated heterocycles. The topological polar surface area (TPSA) is 0 Å². The lowest BCUT2D eigenvalue weighted by molar-refractivity contribution is 1.37. The van der Waals surface area contributed by atoms with Gasteiger partial charge in [-0.3, -0.25) is 0 Å². The number of rotatable bonds is 3. The van der Waals surface area contributed by atoms with E-state index in [0.717, 1.165) is 5.75 Å². The van der Waals surface area contributed by atoms with Gasteiger partial charge in [0.15, 0.2) is 0 Å². The molecule has 0 spiro atoms. The normalized spacial score (nSPS) is 9.55. The molecule has 0 N–H and O–H groups in total. The smallest absolute Gasteiger partial charge is 0.0345 e. The van der Waals surface area contributed by atoms with Crippen LogP contribution in [0, 0.1) is 6.92 Å². The second kappa shape index (κ2) is 4.52. The molecular formula is C9H10S2. The first-order valence-corrected chi connectivity index (χ1v) is 4.96. The van der Waals surface area contributed by atoms with Crippen molar-refractivity contribution in [2.45, 2.75) is 12.7 Å². The molecule has 11 heavy (non-hydrogen) atoms. The lowest BCUT2D eigenvalue weighted by Crippen LogP contribution is -1.79. The number of aryl methyl sites for hydroxylation is 1. The highest BCUT2D eigenvalue weighted by Gasteiger charge is 1.89. The first-order chi connectivity index (χ1) is 5.33. The van der Waals surface area contributed by atoms with Crippen molar-refractivity contribution < 1.29 is 0 Å². The van der Waals surface area contributed by atoms with E-state index in [4.69, 9.17) is 12.2 Å². The Balaban J connectivity index is 2.58. The van der Waals surface area contributed by atoms with Crippen LogP contribution in [0.2, 0.25) is 0 Å². The predicted octanol–water partition coefficient (Wildman–Crippen LogP) is 3.19. The SMILES string of the molecule is Cc1ccc(CSC=S)cc1. The summed E-state index contributed by atoms with van der Waals surface area (Å²) in [5.74, 6) is 0.990. The molecule has 0 fully saturated rings. The highest BCUT2D eigenvalue weighted by molar-refractivity contribution is 8.20. The van der Waals surface area contributed by atoms with E-state index in [1.54, 1.807) is 16.5 Å². The maximum Gasteiger partial charge on any atom is 0.0345 e. The standard InChI is InChI=1S/C9H10S2/c1-8-2-4-9(5-3-8)6-11-7-10/h2-5,7H,6H2,1H3. The maximum atomic E-state index is 4.71. The summed E-state index contributed by atoms with van der Waals surface area (Å²) in [6.07, 6.45) is 0. The third kappa shape index (κ3) is 3.04. The largest absolute Gasteiger partial charge is 0.118 e. The molecule has 1 aromatic rings. The third-order valence-corrected chi connectivity index (χ3v) is 2.48. The van der Waals surface area contributed by atoms with Gasteiger partial charge in [0.2, 0.25) is 0 Å². The van der Waals surface area contributed by atoms with Crippen molar-refractivity contribution in [1.29, 1.82) is 0 Å². The Bertz CT molecular complexity index is 226. The molecular weight excluding hydrogens is 172 g/mol. The molecule has 0 amide bonds. The molecule has 0 nitrogen and oxygen atoms in total. The van der Waals surface area contributed by atoms with Gasteiger partial charge in [0.1, 0.15) is 0 Å². The van der Waals surface area contributed by atoms with Crippen LogP contribution in [0.15, 0.2) is 24.3 Å². The van der Waals surface area contributed by atoms with E-state index < -0.39 is 0 Å². The van der Waals surface area contributed by atoms with Crippen LogP contribution in [0.25, 0.3) is 0 Å². The Morgan fingerprint density at radius 2 is 2.00 bits per heavy atom. The van der Waals surface area contributed by atoms with Gasteiger partial charge < -0.3 is 0 Å². The van der Waals surface area contributed by atoms with Crippen molar-refractivity contribution in [3.8, 4) is 0 Å². The molecule has 0 aliphatic heterocycles. The second-order valence-corrected chi connectivity index (χ2v) is 3.78. The molecule has 1 rings (SSSR count). The molecule has 0 aliphatic rings. The predicted molar refractivity (Wildman–Crippen MR) is 56.1 cm³/mol. The first-order valence-electron chi connectivity index (χ1n) is 3.44. The summed E-state index contributed by atoms with van der Waals surface area (Å²) in [4.78, 5) is 0. The van der Waals surface area contributed by atoms with Crippen molar-refractivity contribution in [2.75, 3.05) is 0 Å². The number of hydrogen-bond donors (Lipinski definition) is 0. The molecule has 0 bridgehead atoms. The Kier molecular flexibility index (Phi) is 3.60. The van der Waals surface area contributed by atoms with Gasteiger partial charge in [-0.05, 0) is 12.5 Å². The third-order valence-electron chi connectivity index (χ3n) is 1.44. The molecule has 2 heteroatoms. The molecule has 0 unspecified atom stereocenters. The van der Waals surface area contributed by atoms with Crippen molar-refractivity contribution >= 4 is 28.7 Å². The molecule has 0 radical (unpaired) electrons. The maximum absolute atomic E-state index is 4.71. The quantitative estimate of drug-likeness (QED) is 0.658. The summed E-state index contributed by atoms with van der Waals surface area (Å²) in [6.45, 7) is 2.09. The number of thioether (sulfide) groups is 1. The van der Waals surface area contributed by atoms with Crippen LogP contribution in [0.4, 0.5) is 0 Å². The highest BCUT2D eigenvalue weighted by atomic mass is 32.2. The number of thiocarbonyl (C=S) groups is 1. The lowest BCUT2D eigenvalue weighted by atomic mass is 10.2. The van der Waals surface area contributed by atoms with Gasteiger partial charge in [0, 0.05) is 10.5 Å². The Morgan fingerprint density at radius 3 is 2.55 bits per heavy atom. The van der Waals surface area contributed by atoms with E-state index in [-0.39, 0.29) is 0 Å². The van der Waals surface area contributed by atoms with Crippen molar-refractivity contribution in [3.63, 3.8) is 0 Å². The van der Waals surface area contributed by atoms with E-state index in [2.05, 4.69) is 31.2 Å². The molecule has 1 aromatic carbocycles. The minimum atomic E-state index is 0.990. The molecule has 0 atom stereocenters. The Morgan fingerprint density at radius 1 is 1.36 bits per heavy atom. The van der Waals surface area contributed by atoms with E-state index >= 15 is 0 Å². The average molecular weight is 182 g/mol. The van der Waals surface area contributed by atoms with Crippen LogP contribution in [0.1, 0.15) is 11.1 Å². The molecule has 0 aliphatic carbocycles. The van der Waals surface area contributed by atoms with Crippen molar-refractivity contribution in [2.24, 2.45) is 0 Å². The van der Waals surface area contributed by atoms with Crippen LogP contribution < -0.4 is 0 Å². The zero-order chi connectivity index (χ0) is 8.10. The summed E-state index contributed by atoms with van der Waals surface area (Å²) in [7, 11) is 0. The van der Waals surface area contributed by atoms with E-state index in [1.807, 2.05) is 0 Å². The number of hydrogen-bond acceptors (Lipinski definition) is 2. The fraction of sp³-hybridized carbons (Fsp3) is 0.222. The molecule has 0 saturated carbocycles. The van der Waals surface area contributed by atoms with Gasteiger partial charge in [-0.25, -0.2) is 0 Å². The highest BCUT2D eigenvalue weighted by Crippen LogP contribution is 2.10. The minimum absolute atomic E-state index is 0.990. The Labute approximate surface area is 77.0 Å². The molecule has 0 aromatic heterocycles. The van der Waals surface area contributed by atoms with Gasteiger partial charge in [0.25, 0.3) is 0 Å². The van der Waals surface area contributed by atoms with E-state index in [1.165, 1.54) is 11.1 Å². The van der Waals surface area contributed by atoms with Crippen LogP contribution in [-0.4, -0.2) is 4.70 Å². The summed E-state index contributed by atoms with van der Waals surface area (Å²) < 4.78 is 1.71. The van der Waals surface area contributed by atoms with Crippen LogP contribution in [0.3, 0.4) is 0 Å². The van der Waals surface area contributed by atoms with Crippen molar-refractivity contribution in [1.82, 2.24) is 0 Å². The first kappa shape index (κ1) is 8.75. The number of benzene rings is 1. The monoisotopic (exact) mass is 182 g/mol.